The minimum atomic E-state index is -3.12. The minimum absolute atomic E-state index is 0.261. The van der Waals surface area contributed by atoms with E-state index in [-0.39, 0.29) is 11.7 Å². The van der Waals surface area contributed by atoms with Crippen LogP contribution in [0.1, 0.15) is 39.0 Å². The summed E-state index contributed by atoms with van der Waals surface area (Å²) in [5, 5.41) is 0. The predicted molar refractivity (Wildman–Crippen MR) is 84.8 cm³/mol. The summed E-state index contributed by atoms with van der Waals surface area (Å²) >= 11 is 0. The average molecular weight is 318 g/mol. The van der Waals surface area contributed by atoms with Crippen molar-refractivity contribution in [2.24, 2.45) is 11.8 Å². The summed E-state index contributed by atoms with van der Waals surface area (Å²) in [6.45, 7) is 7.60. The van der Waals surface area contributed by atoms with E-state index in [1.807, 2.05) is 0 Å². The molecule has 2 aliphatic heterocycles. The Labute approximate surface area is 129 Å². The maximum Gasteiger partial charge on any atom is 0.211 e. The number of hydrogen-bond acceptors (Lipinski definition) is 4. The van der Waals surface area contributed by atoms with Crippen LogP contribution >= 0.6 is 0 Å². The summed E-state index contributed by atoms with van der Waals surface area (Å²) in [7, 11) is -3.12. The monoisotopic (exact) mass is 318 g/mol. The van der Waals surface area contributed by atoms with E-state index in [9.17, 15) is 8.42 Å². The summed E-state index contributed by atoms with van der Waals surface area (Å²) in [5.41, 5.74) is 0. The van der Waals surface area contributed by atoms with E-state index >= 15 is 0 Å². The van der Waals surface area contributed by atoms with E-state index in [0.717, 1.165) is 38.3 Å². The van der Waals surface area contributed by atoms with Gasteiger partial charge in [-0.05, 0) is 57.0 Å². The fourth-order valence-corrected chi connectivity index (χ4v) is 4.83. The molecule has 1 atom stereocenters. The van der Waals surface area contributed by atoms with Gasteiger partial charge in [-0.25, -0.2) is 13.1 Å². The minimum Gasteiger partial charge on any atom is -0.381 e. The van der Waals surface area contributed by atoms with Crippen molar-refractivity contribution in [3.8, 4) is 0 Å². The van der Waals surface area contributed by atoms with Crippen molar-refractivity contribution in [2.45, 2.75) is 39.0 Å². The van der Waals surface area contributed by atoms with Crippen molar-refractivity contribution in [3.63, 3.8) is 0 Å². The Hall–Kier alpha value is -0.170. The molecule has 2 saturated heterocycles. The number of sulfonamides is 1. The number of rotatable bonds is 7. The molecule has 0 aromatic rings. The highest BCUT2D eigenvalue weighted by Crippen LogP contribution is 2.17. The van der Waals surface area contributed by atoms with E-state index in [0.29, 0.717) is 19.8 Å². The molecule has 2 rings (SSSR count). The Morgan fingerprint density at radius 1 is 1.24 bits per heavy atom. The van der Waals surface area contributed by atoms with Gasteiger partial charge in [-0.15, -0.1) is 0 Å². The van der Waals surface area contributed by atoms with Gasteiger partial charge in [-0.2, -0.15) is 0 Å². The van der Waals surface area contributed by atoms with Gasteiger partial charge in [-0.3, -0.25) is 0 Å². The normalized spacial score (nSPS) is 26.0. The Kier molecular flexibility index (Phi) is 6.92. The van der Waals surface area contributed by atoms with Crippen LogP contribution in [-0.4, -0.2) is 58.5 Å². The molecule has 5 nitrogen and oxygen atoms in total. The van der Waals surface area contributed by atoms with Crippen LogP contribution in [0.2, 0.25) is 0 Å². The molecule has 0 bridgehead atoms. The quantitative estimate of drug-likeness (QED) is 0.722. The molecule has 2 heterocycles. The molecule has 2 fully saturated rings. The Balaban J connectivity index is 1.60. The van der Waals surface area contributed by atoms with Crippen LogP contribution in [0.25, 0.3) is 0 Å². The topological polar surface area (TPSA) is 58.6 Å². The first-order valence-electron chi connectivity index (χ1n) is 8.32. The lowest BCUT2D eigenvalue weighted by atomic mass is 10.0. The van der Waals surface area contributed by atoms with Crippen molar-refractivity contribution < 1.29 is 13.2 Å². The van der Waals surface area contributed by atoms with E-state index in [1.165, 1.54) is 19.4 Å². The first kappa shape index (κ1) is 17.2. The van der Waals surface area contributed by atoms with Crippen LogP contribution in [0.15, 0.2) is 0 Å². The smallest absolute Gasteiger partial charge is 0.211 e. The third-order valence-electron chi connectivity index (χ3n) is 4.51. The van der Waals surface area contributed by atoms with Gasteiger partial charge in [0, 0.05) is 26.3 Å². The fourth-order valence-electron chi connectivity index (χ4n) is 3.30. The summed E-state index contributed by atoms with van der Waals surface area (Å²) < 4.78 is 32.1. The molecular weight excluding hydrogens is 288 g/mol. The van der Waals surface area contributed by atoms with Gasteiger partial charge in [0.05, 0.1) is 5.75 Å². The molecule has 0 unspecified atom stereocenters. The van der Waals surface area contributed by atoms with E-state index in [1.54, 1.807) is 0 Å². The molecular formula is C15H30N2O3S. The SMILES string of the molecule is C[C@@H]1CCCN(CCCNS(=O)(=O)CC2CCOCC2)C1. The van der Waals surface area contributed by atoms with Gasteiger partial charge < -0.3 is 9.64 Å². The number of nitrogens with zero attached hydrogens (tertiary/aromatic N) is 1. The lowest BCUT2D eigenvalue weighted by Crippen LogP contribution is -2.37. The second-order valence-electron chi connectivity index (χ2n) is 6.63. The number of piperidine rings is 1. The van der Waals surface area contributed by atoms with Gasteiger partial charge in [-0.1, -0.05) is 6.92 Å². The maximum absolute atomic E-state index is 12.0. The molecule has 0 aromatic heterocycles. The Morgan fingerprint density at radius 3 is 2.71 bits per heavy atom. The second kappa shape index (κ2) is 8.46. The van der Waals surface area contributed by atoms with Gasteiger partial charge in [0.25, 0.3) is 0 Å². The lowest BCUT2D eigenvalue weighted by Gasteiger charge is -2.30. The number of ether oxygens (including phenoxy) is 1. The molecule has 0 aromatic carbocycles. The third-order valence-corrected chi connectivity index (χ3v) is 6.06. The van der Waals surface area contributed by atoms with Gasteiger partial charge in [0.1, 0.15) is 0 Å². The van der Waals surface area contributed by atoms with E-state index < -0.39 is 10.0 Å². The Bertz CT molecular complexity index is 394. The highest BCUT2D eigenvalue weighted by atomic mass is 32.2. The van der Waals surface area contributed by atoms with Crippen LogP contribution in [-0.2, 0) is 14.8 Å². The summed E-state index contributed by atoms with van der Waals surface area (Å²) in [4.78, 5) is 2.46. The van der Waals surface area contributed by atoms with Crippen LogP contribution in [0.4, 0.5) is 0 Å². The van der Waals surface area contributed by atoms with Crippen LogP contribution in [0, 0.1) is 11.8 Å². The highest BCUT2D eigenvalue weighted by Gasteiger charge is 2.21. The first-order valence-corrected chi connectivity index (χ1v) is 9.98. The predicted octanol–water partition coefficient (Wildman–Crippen LogP) is 1.45. The number of likely N-dealkylation sites (tertiary alicyclic amines) is 1. The third kappa shape index (κ3) is 6.63. The largest absolute Gasteiger partial charge is 0.381 e. The molecule has 0 radical (unpaired) electrons. The van der Waals surface area contributed by atoms with E-state index in [2.05, 4.69) is 16.5 Å². The molecule has 1 N–H and O–H groups in total. The van der Waals surface area contributed by atoms with Crippen molar-refractivity contribution in [2.75, 3.05) is 45.1 Å². The highest BCUT2D eigenvalue weighted by molar-refractivity contribution is 7.89. The summed E-state index contributed by atoms with van der Waals surface area (Å²) in [6, 6.07) is 0. The summed E-state index contributed by atoms with van der Waals surface area (Å²) in [5.74, 6) is 1.31. The molecule has 124 valence electrons. The second-order valence-corrected chi connectivity index (χ2v) is 8.48. The van der Waals surface area contributed by atoms with E-state index in [4.69, 9.17) is 4.74 Å². The van der Waals surface area contributed by atoms with Crippen LogP contribution in [0.3, 0.4) is 0 Å². The van der Waals surface area contributed by atoms with Crippen molar-refractivity contribution >= 4 is 10.0 Å². The molecule has 21 heavy (non-hydrogen) atoms. The van der Waals surface area contributed by atoms with Gasteiger partial charge in [0.15, 0.2) is 0 Å². The van der Waals surface area contributed by atoms with Crippen molar-refractivity contribution in [1.82, 2.24) is 9.62 Å². The zero-order valence-corrected chi connectivity index (χ0v) is 14.0. The molecule has 6 heteroatoms. The first-order chi connectivity index (χ1) is 10.1. The van der Waals surface area contributed by atoms with Gasteiger partial charge >= 0.3 is 0 Å². The molecule has 0 aliphatic carbocycles. The van der Waals surface area contributed by atoms with Crippen LogP contribution < -0.4 is 4.72 Å². The molecule has 2 aliphatic rings. The average Bonchev–Trinajstić information content (AvgIpc) is 2.44. The van der Waals surface area contributed by atoms with Gasteiger partial charge in [0.2, 0.25) is 10.0 Å². The molecule has 0 spiro atoms. The Morgan fingerprint density at radius 2 is 2.00 bits per heavy atom. The van der Waals surface area contributed by atoms with Crippen LogP contribution in [0.5, 0.6) is 0 Å². The standard InChI is InChI=1S/C15H30N2O3S/c1-14-4-2-8-17(12-14)9-3-7-16-21(18,19)13-15-5-10-20-11-6-15/h14-16H,2-13H2,1H3/t14-/m1/s1. The van der Waals surface area contributed by atoms with Crippen molar-refractivity contribution in [1.29, 1.82) is 0 Å². The zero-order valence-electron chi connectivity index (χ0n) is 13.2. The number of hydrogen-bond donors (Lipinski definition) is 1. The maximum atomic E-state index is 12.0. The lowest BCUT2D eigenvalue weighted by molar-refractivity contribution is 0.0723. The number of nitrogens with one attached hydrogen (secondary N) is 1. The summed E-state index contributed by atoms with van der Waals surface area (Å²) in [6.07, 6.45) is 5.24. The fraction of sp³-hybridized carbons (Fsp3) is 1.00. The molecule has 0 saturated carbocycles. The molecule has 0 amide bonds. The van der Waals surface area contributed by atoms with Crippen molar-refractivity contribution in [3.05, 3.63) is 0 Å². The zero-order chi connectivity index (χ0) is 15.1.